The Bertz CT molecular complexity index is 579. The van der Waals surface area contributed by atoms with Gasteiger partial charge in [0.15, 0.2) is 0 Å². The van der Waals surface area contributed by atoms with E-state index in [1.165, 1.54) is 21.2 Å². The molecule has 0 atom stereocenters. The first-order valence-corrected chi connectivity index (χ1v) is 6.37. The first kappa shape index (κ1) is 9.98. The maximum atomic E-state index is 2.30. The Morgan fingerprint density at radius 2 is 1.81 bits per heavy atom. The van der Waals surface area contributed by atoms with Crippen LogP contribution in [0, 0.1) is 0 Å². The molecule has 0 amide bonds. The molecule has 16 heavy (non-hydrogen) atoms. The van der Waals surface area contributed by atoms with Crippen LogP contribution in [0.4, 0.5) is 0 Å². The summed E-state index contributed by atoms with van der Waals surface area (Å²) in [5, 5.41) is 2.69. The van der Waals surface area contributed by atoms with Crippen molar-refractivity contribution < 1.29 is 0 Å². The summed E-state index contributed by atoms with van der Waals surface area (Å²) in [6, 6.07) is 13.1. The Hall–Kier alpha value is -1.21. The van der Waals surface area contributed by atoms with Gasteiger partial charge in [-0.1, -0.05) is 42.5 Å². The van der Waals surface area contributed by atoms with E-state index in [1.807, 2.05) is 11.8 Å². The molecule has 0 nitrogen and oxygen atoms in total. The predicted molar refractivity (Wildman–Crippen MR) is 72.9 cm³/mol. The maximum Gasteiger partial charge on any atom is 0.0333 e. The van der Waals surface area contributed by atoms with Crippen molar-refractivity contribution in [1.82, 2.24) is 0 Å². The van der Waals surface area contributed by atoms with Crippen LogP contribution < -0.4 is 0 Å². The zero-order valence-electron chi connectivity index (χ0n) is 9.53. The molecule has 1 aliphatic rings. The van der Waals surface area contributed by atoms with Crippen LogP contribution in [0.3, 0.4) is 0 Å². The monoisotopic (exact) mass is 226 g/mol. The lowest BCUT2D eigenvalue weighted by molar-refractivity contribution is 0.897. The minimum atomic E-state index is 0.218. The molecule has 0 spiro atoms. The first-order valence-electron chi connectivity index (χ1n) is 5.56. The Kier molecular flexibility index (Phi) is 2.11. The third-order valence-electron chi connectivity index (χ3n) is 2.96. The average molecular weight is 226 g/mol. The molecule has 0 saturated carbocycles. The van der Waals surface area contributed by atoms with Crippen molar-refractivity contribution in [2.45, 2.75) is 23.5 Å². The summed E-state index contributed by atoms with van der Waals surface area (Å²) in [7, 11) is 0. The normalized spacial score (nSPS) is 17.4. The highest BCUT2D eigenvalue weighted by atomic mass is 32.2. The quantitative estimate of drug-likeness (QED) is 0.625. The molecule has 80 valence electrons. The topological polar surface area (TPSA) is 0 Å². The highest BCUT2D eigenvalue weighted by Crippen LogP contribution is 2.42. The van der Waals surface area contributed by atoms with Crippen molar-refractivity contribution in [3.8, 4) is 0 Å². The Morgan fingerprint density at radius 1 is 1.00 bits per heavy atom. The Morgan fingerprint density at radius 3 is 2.69 bits per heavy atom. The number of thioether (sulfide) groups is 1. The van der Waals surface area contributed by atoms with Crippen molar-refractivity contribution in [1.29, 1.82) is 0 Å². The van der Waals surface area contributed by atoms with Gasteiger partial charge >= 0.3 is 0 Å². The van der Waals surface area contributed by atoms with Gasteiger partial charge in [0.25, 0.3) is 0 Å². The zero-order chi connectivity index (χ0) is 11.2. The van der Waals surface area contributed by atoms with E-state index in [1.54, 1.807) is 0 Å². The minimum Gasteiger partial charge on any atom is -0.115 e. The highest BCUT2D eigenvalue weighted by Gasteiger charge is 2.21. The van der Waals surface area contributed by atoms with E-state index in [2.05, 4.69) is 62.4 Å². The number of fused-ring (bicyclic) bond motifs is 3. The standard InChI is InChI=1S/C15H14S/c1-15(2)10-9-13-12-6-4-3-5-11(12)7-8-14(13)16-15/h3-10H,1-2H3. The van der Waals surface area contributed by atoms with Crippen LogP contribution in [0.2, 0.25) is 0 Å². The smallest absolute Gasteiger partial charge is 0.0333 e. The fraction of sp³-hybridized carbons (Fsp3) is 0.200. The fourth-order valence-electron chi connectivity index (χ4n) is 2.14. The van der Waals surface area contributed by atoms with Gasteiger partial charge in [0.2, 0.25) is 0 Å². The molecule has 0 fully saturated rings. The van der Waals surface area contributed by atoms with Gasteiger partial charge in [0.1, 0.15) is 0 Å². The minimum absolute atomic E-state index is 0.218. The number of rotatable bonds is 0. The van der Waals surface area contributed by atoms with E-state index < -0.39 is 0 Å². The molecule has 1 heterocycles. The fourth-order valence-corrected chi connectivity index (χ4v) is 3.26. The molecule has 3 rings (SSSR count). The number of hydrogen-bond donors (Lipinski definition) is 0. The maximum absolute atomic E-state index is 2.30. The highest BCUT2D eigenvalue weighted by molar-refractivity contribution is 8.01. The molecular formula is C15H14S. The van der Waals surface area contributed by atoms with Crippen LogP contribution in [-0.4, -0.2) is 4.75 Å². The van der Waals surface area contributed by atoms with Crippen LogP contribution in [0.25, 0.3) is 16.8 Å². The van der Waals surface area contributed by atoms with Gasteiger partial charge in [-0.05, 0) is 36.2 Å². The van der Waals surface area contributed by atoms with E-state index in [-0.39, 0.29) is 4.75 Å². The summed E-state index contributed by atoms with van der Waals surface area (Å²) >= 11 is 1.94. The molecule has 0 saturated heterocycles. The molecule has 1 heteroatoms. The van der Waals surface area contributed by atoms with Crippen molar-refractivity contribution in [2.24, 2.45) is 0 Å². The van der Waals surface area contributed by atoms with Crippen molar-refractivity contribution in [2.75, 3.05) is 0 Å². The predicted octanol–water partition coefficient (Wildman–Crippen LogP) is 4.74. The van der Waals surface area contributed by atoms with E-state index >= 15 is 0 Å². The first-order chi connectivity index (χ1) is 7.66. The molecule has 0 aromatic heterocycles. The largest absolute Gasteiger partial charge is 0.115 e. The van der Waals surface area contributed by atoms with E-state index in [0.29, 0.717) is 0 Å². The average Bonchev–Trinajstić information content (AvgIpc) is 2.27. The number of benzene rings is 2. The van der Waals surface area contributed by atoms with Crippen molar-refractivity contribution in [3.63, 3.8) is 0 Å². The van der Waals surface area contributed by atoms with E-state index in [0.717, 1.165) is 0 Å². The van der Waals surface area contributed by atoms with Crippen LogP contribution >= 0.6 is 11.8 Å². The van der Waals surface area contributed by atoms with Gasteiger partial charge in [-0.3, -0.25) is 0 Å². The van der Waals surface area contributed by atoms with Gasteiger partial charge in [-0.25, -0.2) is 0 Å². The molecule has 0 radical (unpaired) electrons. The van der Waals surface area contributed by atoms with Crippen molar-refractivity contribution in [3.05, 3.63) is 48.0 Å². The van der Waals surface area contributed by atoms with Gasteiger partial charge < -0.3 is 0 Å². The van der Waals surface area contributed by atoms with Gasteiger partial charge in [-0.15, -0.1) is 11.8 Å². The van der Waals surface area contributed by atoms with Crippen LogP contribution in [0.1, 0.15) is 19.4 Å². The van der Waals surface area contributed by atoms with Gasteiger partial charge in [0.05, 0.1) is 0 Å². The zero-order valence-corrected chi connectivity index (χ0v) is 10.3. The molecule has 2 aromatic rings. The Labute approximate surface area is 100 Å². The molecule has 0 unspecified atom stereocenters. The van der Waals surface area contributed by atoms with Gasteiger partial charge in [0, 0.05) is 9.64 Å². The molecular weight excluding hydrogens is 212 g/mol. The summed E-state index contributed by atoms with van der Waals surface area (Å²) in [5.74, 6) is 0. The van der Waals surface area contributed by atoms with Crippen LogP contribution in [0.5, 0.6) is 0 Å². The summed E-state index contributed by atoms with van der Waals surface area (Å²) < 4.78 is 0.218. The lowest BCUT2D eigenvalue weighted by atomic mass is 10.0. The second-order valence-electron chi connectivity index (χ2n) is 4.74. The third-order valence-corrected chi connectivity index (χ3v) is 4.19. The summed E-state index contributed by atoms with van der Waals surface area (Å²) in [4.78, 5) is 1.39. The number of hydrogen-bond acceptors (Lipinski definition) is 1. The molecule has 2 aromatic carbocycles. The molecule has 1 aliphatic heterocycles. The second kappa shape index (κ2) is 3.39. The van der Waals surface area contributed by atoms with E-state index in [9.17, 15) is 0 Å². The van der Waals surface area contributed by atoms with Crippen molar-refractivity contribution >= 4 is 28.6 Å². The molecule has 0 N–H and O–H groups in total. The lowest BCUT2D eigenvalue weighted by Gasteiger charge is -2.25. The summed E-state index contributed by atoms with van der Waals surface area (Å²) in [6.07, 6.45) is 4.57. The van der Waals surface area contributed by atoms with Crippen LogP contribution in [0.15, 0.2) is 47.4 Å². The van der Waals surface area contributed by atoms with E-state index in [4.69, 9.17) is 0 Å². The molecule has 0 aliphatic carbocycles. The summed E-state index contributed by atoms with van der Waals surface area (Å²) in [5.41, 5.74) is 1.38. The van der Waals surface area contributed by atoms with Crippen LogP contribution in [-0.2, 0) is 0 Å². The third kappa shape index (κ3) is 1.56. The summed E-state index contributed by atoms with van der Waals surface area (Å²) in [6.45, 7) is 4.51. The SMILES string of the molecule is CC1(C)C=Cc2c(ccc3ccccc23)S1. The van der Waals surface area contributed by atoms with Gasteiger partial charge in [-0.2, -0.15) is 0 Å². The Balaban J connectivity index is 2.29. The molecule has 0 bridgehead atoms. The lowest BCUT2D eigenvalue weighted by Crippen LogP contribution is -2.12. The second-order valence-corrected chi connectivity index (χ2v) is 6.43.